The number of nitrogens with zero attached hydrogens (tertiary/aromatic N) is 2. The number of hydrazine groups is 1. The van der Waals surface area contributed by atoms with Crippen molar-refractivity contribution in [2.45, 2.75) is 6.92 Å². The van der Waals surface area contributed by atoms with Crippen molar-refractivity contribution in [3.8, 4) is 0 Å². The van der Waals surface area contributed by atoms with Crippen LogP contribution in [0.1, 0.15) is 26.5 Å². The molecule has 0 fully saturated rings. The Bertz CT molecular complexity index is 863. The van der Waals surface area contributed by atoms with Gasteiger partial charge >= 0.3 is 5.91 Å². The highest BCUT2D eigenvalue weighted by atomic mass is 16.3. The van der Waals surface area contributed by atoms with Crippen LogP contribution < -0.4 is 10.9 Å². The summed E-state index contributed by atoms with van der Waals surface area (Å²) in [5.74, 6) is -0.783. The van der Waals surface area contributed by atoms with Gasteiger partial charge in [-0.25, -0.2) is 0 Å². The van der Waals surface area contributed by atoms with Crippen LogP contribution in [0.2, 0.25) is 0 Å². The molecule has 0 radical (unpaired) electrons. The van der Waals surface area contributed by atoms with Gasteiger partial charge in [0.25, 0.3) is 5.91 Å². The molecule has 2 heterocycles. The fourth-order valence-electron chi connectivity index (χ4n) is 2.17. The Morgan fingerprint density at radius 2 is 1.91 bits per heavy atom. The molecule has 0 saturated heterocycles. The highest BCUT2D eigenvalue weighted by Crippen LogP contribution is 2.24. The van der Waals surface area contributed by atoms with E-state index < -0.39 is 11.8 Å². The molecule has 0 aliphatic carbocycles. The van der Waals surface area contributed by atoms with Gasteiger partial charge in [-0.05, 0) is 13.0 Å². The number of carbonyl (C=O) groups excluding carboxylic acids is 2. The van der Waals surface area contributed by atoms with Crippen LogP contribution in [0, 0.1) is 6.92 Å². The molecule has 7 heteroatoms. The minimum Gasteiger partial charge on any atom is -0.451 e. The van der Waals surface area contributed by atoms with E-state index in [2.05, 4.69) is 16.0 Å². The molecule has 112 valence electrons. The highest BCUT2D eigenvalue weighted by molar-refractivity contribution is 6.01. The molecule has 3 aromatic rings. The van der Waals surface area contributed by atoms with Crippen molar-refractivity contribution in [3.05, 3.63) is 53.5 Å². The topological polar surface area (TPSA) is 89.2 Å². The average Bonchev–Trinajstić information content (AvgIpc) is 3.09. The summed E-state index contributed by atoms with van der Waals surface area (Å²) in [6.07, 6.45) is 2.96. The average molecular weight is 298 g/mol. The van der Waals surface area contributed by atoms with Crippen molar-refractivity contribution in [1.29, 1.82) is 0 Å². The maximum atomic E-state index is 12.1. The van der Waals surface area contributed by atoms with E-state index in [1.165, 1.54) is 10.9 Å². The van der Waals surface area contributed by atoms with Crippen molar-refractivity contribution >= 4 is 22.8 Å². The van der Waals surface area contributed by atoms with Crippen LogP contribution in [0.25, 0.3) is 11.0 Å². The normalized spacial score (nSPS) is 10.6. The number of rotatable bonds is 2. The molecule has 1 aromatic carbocycles. The number of furan rings is 1. The van der Waals surface area contributed by atoms with Gasteiger partial charge in [-0.2, -0.15) is 5.10 Å². The Balaban J connectivity index is 1.73. The molecule has 0 bridgehead atoms. The van der Waals surface area contributed by atoms with Crippen molar-refractivity contribution in [2.24, 2.45) is 7.05 Å². The number of para-hydroxylation sites is 1. The van der Waals surface area contributed by atoms with Crippen molar-refractivity contribution < 1.29 is 14.0 Å². The second-order valence-electron chi connectivity index (χ2n) is 4.86. The molecule has 22 heavy (non-hydrogen) atoms. The van der Waals surface area contributed by atoms with Gasteiger partial charge in [0.2, 0.25) is 0 Å². The Labute approximate surface area is 125 Å². The van der Waals surface area contributed by atoms with Gasteiger partial charge in [0.1, 0.15) is 5.58 Å². The molecule has 0 unspecified atom stereocenters. The van der Waals surface area contributed by atoms with Gasteiger partial charge < -0.3 is 4.42 Å². The van der Waals surface area contributed by atoms with Gasteiger partial charge in [-0.15, -0.1) is 0 Å². The predicted molar refractivity (Wildman–Crippen MR) is 79.1 cm³/mol. The zero-order valence-electron chi connectivity index (χ0n) is 12.1. The zero-order chi connectivity index (χ0) is 15.7. The molecule has 2 N–H and O–H groups in total. The van der Waals surface area contributed by atoms with Gasteiger partial charge in [-0.1, -0.05) is 18.2 Å². The first-order valence-corrected chi connectivity index (χ1v) is 6.63. The summed E-state index contributed by atoms with van der Waals surface area (Å²) in [5, 5.41) is 4.76. The van der Waals surface area contributed by atoms with E-state index in [1.807, 2.05) is 18.2 Å². The van der Waals surface area contributed by atoms with E-state index in [0.717, 1.165) is 10.9 Å². The Kier molecular flexibility index (Phi) is 3.38. The molecule has 2 aromatic heterocycles. The SMILES string of the molecule is Cc1c(C(=O)NNC(=O)c2cnn(C)c2)oc2ccccc12. The molecule has 0 aliphatic rings. The van der Waals surface area contributed by atoms with Gasteiger partial charge in [0.15, 0.2) is 5.76 Å². The number of aryl methyl sites for hydroxylation is 2. The molecule has 3 rings (SSSR count). The number of nitrogens with one attached hydrogen (secondary N) is 2. The third-order valence-electron chi connectivity index (χ3n) is 3.31. The highest BCUT2D eigenvalue weighted by Gasteiger charge is 2.18. The van der Waals surface area contributed by atoms with E-state index in [1.54, 1.807) is 26.2 Å². The summed E-state index contributed by atoms with van der Waals surface area (Å²) >= 11 is 0. The number of fused-ring (bicyclic) bond motifs is 1. The van der Waals surface area contributed by atoms with E-state index in [4.69, 9.17) is 4.42 Å². The number of aromatic nitrogens is 2. The molecule has 7 nitrogen and oxygen atoms in total. The van der Waals surface area contributed by atoms with Crippen LogP contribution in [0.4, 0.5) is 0 Å². The predicted octanol–water partition coefficient (Wildman–Crippen LogP) is 1.55. The van der Waals surface area contributed by atoms with Crippen molar-refractivity contribution in [2.75, 3.05) is 0 Å². The summed E-state index contributed by atoms with van der Waals surface area (Å²) in [6.45, 7) is 1.80. The third kappa shape index (κ3) is 2.44. The number of benzene rings is 1. The molecular formula is C15H14N4O3. The van der Waals surface area contributed by atoms with Crippen molar-refractivity contribution in [3.63, 3.8) is 0 Å². The Morgan fingerprint density at radius 3 is 2.59 bits per heavy atom. The van der Waals surface area contributed by atoms with E-state index >= 15 is 0 Å². The first-order valence-electron chi connectivity index (χ1n) is 6.63. The molecule has 0 saturated carbocycles. The smallest absolute Gasteiger partial charge is 0.305 e. The second-order valence-corrected chi connectivity index (χ2v) is 4.86. The number of amides is 2. The number of hydrogen-bond donors (Lipinski definition) is 2. The van der Waals surface area contributed by atoms with Crippen LogP contribution in [-0.4, -0.2) is 21.6 Å². The summed E-state index contributed by atoms with van der Waals surface area (Å²) in [7, 11) is 1.70. The van der Waals surface area contributed by atoms with Crippen LogP contribution in [0.3, 0.4) is 0 Å². The van der Waals surface area contributed by atoms with Crippen molar-refractivity contribution in [1.82, 2.24) is 20.6 Å². The lowest BCUT2D eigenvalue weighted by molar-refractivity contribution is 0.0831. The standard InChI is InChI=1S/C15H14N4O3/c1-9-11-5-3-4-6-12(11)22-13(9)15(21)18-17-14(20)10-7-16-19(2)8-10/h3-8H,1-2H3,(H,17,20)(H,18,21). The fourth-order valence-corrected chi connectivity index (χ4v) is 2.17. The lowest BCUT2D eigenvalue weighted by Crippen LogP contribution is -2.41. The quantitative estimate of drug-likeness (QED) is 0.702. The zero-order valence-corrected chi connectivity index (χ0v) is 12.1. The van der Waals surface area contributed by atoms with Gasteiger partial charge in [0.05, 0.1) is 11.8 Å². The summed E-state index contributed by atoms with van der Waals surface area (Å²) in [4.78, 5) is 24.0. The van der Waals surface area contributed by atoms with Crippen LogP contribution in [0.15, 0.2) is 41.1 Å². The molecule has 0 atom stereocenters. The number of carbonyl (C=O) groups is 2. The Morgan fingerprint density at radius 1 is 1.18 bits per heavy atom. The van der Waals surface area contributed by atoms with E-state index in [-0.39, 0.29) is 5.76 Å². The minimum absolute atomic E-state index is 0.174. The minimum atomic E-state index is -0.508. The van der Waals surface area contributed by atoms with E-state index in [0.29, 0.717) is 11.1 Å². The molecule has 0 aliphatic heterocycles. The lowest BCUT2D eigenvalue weighted by Gasteiger charge is -2.04. The summed E-state index contributed by atoms with van der Waals surface area (Å²) in [5.41, 5.74) is 6.37. The fraction of sp³-hybridized carbons (Fsp3) is 0.133. The van der Waals surface area contributed by atoms with Gasteiger partial charge in [-0.3, -0.25) is 25.1 Å². The third-order valence-corrected chi connectivity index (χ3v) is 3.31. The summed E-state index contributed by atoms with van der Waals surface area (Å²) < 4.78 is 7.02. The lowest BCUT2D eigenvalue weighted by atomic mass is 10.1. The summed E-state index contributed by atoms with van der Waals surface area (Å²) in [6, 6.07) is 7.36. The number of hydrogen-bond acceptors (Lipinski definition) is 4. The largest absolute Gasteiger partial charge is 0.451 e. The molecular weight excluding hydrogens is 284 g/mol. The second kappa shape index (κ2) is 5.36. The monoisotopic (exact) mass is 298 g/mol. The first-order chi connectivity index (χ1) is 10.6. The van der Waals surface area contributed by atoms with Gasteiger partial charge in [0, 0.05) is 24.2 Å². The van der Waals surface area contributed by atoms with Crippen LogP contribution in [0.5, 0.6) is 0 Å². The van der Waals surface area contributed by atoms with E-state index in [9.17, 15) is 9.59 Å². The molecule has 0 spiro atoms. The first kappa shape index (κ1) is 13.9. The van der Waals surface area contributed by atoms with Crippen LogP contribution >= 0.6 is 0 Å². The Hall–Kier alpha value is -3.09. The van der Waals surface area contributed by atoms with Crippen LogP contribution in [-0.2, 0) is 7.05 Å². The maximum absolute atomic E-state index is 12.1. The molecule has 2 amide bonds. The maximum Gasteiger partial charge on any atom is 0.305 e.